The van der Waals surface area contributed by atoms with Crippen molar-refractivity contribution in [1.82, 2.24) is 4.90 Å². The van der Waals surface area contributed by atoms with Crippen molar-refractivity contribution in [3.8, 4) is 0 Å². The molecule has 2 rings (SSSR count). The Labute approximate surface area is 104 Å². The lowest BCUT2D eigenvalue weighted by Crippen LogP contribution is -2.36. The summed E-state index contributed by atoms with van der Waals surface area (Å²) in [5.41, 5.74) is 9.22. The van der Waals surface area contributed by atoms with E-state index in [1.165, 1.54) is 11.1 Å². The zero-order valence-electron chi connectivity index (χ0n) is 10.8. The number of rotatable bonds is 3. The summed E-state index contributed by atoms with van der Waals surface area (Å²) in [5.74, 6) is 0. The summed E-state index contributed by atoms with van der Waals surface area (Å²) in [5, 5.41) is 0. The van der Waals surface area contributed by atoms with Crippen LogP contribution in [0, 0.1) is 6.92 Å². The Kier molecular flexibility index (Phi) is 4.02. The first-order valence-corrected chi connectivity index (χ1v) is 6.30. The van der Waals surface area contributed by atoms with E-state index in [0.29, 0.717) is 6.04 Å². The van der Waals surface area contributed by atoms with Gasteiger partial charge in [-0.2, -0.15) is 0 Å². The third-order valence-electron chi connectivity index (χ3n) is 3.58. The number of aryl methyl sites for hydroxylation is 1. The van der Waals surface area contributed by atoms with Crippen molar-refractivity contribution in [2.24, 2.45) is 0 Å². The highest BCUT2D eigenvalue weighted by Crippen LogP contribution is 2.18. The molecule has 3 heteroatoms. The zero-order chi connectivity index (χ0) is 12.3. The highest BCUT2D eigenvalue weighted by atomic mass is 16.5. The Hall–Kier alpha value is -1.06. The van der Waals surface area contributed by atoms with E-state index in [0.717, 1.165) is 38.3 Å². The molecule has 1 aliphatic rings. The van der Waals surface area contributed by atoms with E-state index >= 15 is 0 Å². The van der Waals surface area contributed by atoms with E-state index in [2.05, 4.69) is 31.0 Å². The maximum absolute atomic E-state index is 5.83. The van der Waals surface area contributed by atoms with Crippen molar-refractivity contribution < 1.29 is 4.74 Å². The molecule has 1 aromatic rings. The van der Waals surface area contributed by atoms with Crippen molar-refractivity contribution in [1.29, 1.82) is 0 Å². The van der Waals surface area contributed by atoms with Gasteiger partial charge in [-0.15, -0.1) is 0 Å². The zero-order valence-corrected chi connectivity index (χ0v) is 10.8. The van der Waals surface area contributed by atoms with Gasteiger partial charge in [-0.05, 0) is 44.0 Å². The highest BCUT2D eigenvalue weighted by Gasteiger charge is 2.18. The summed E-state index contributed by atoms with van der Waals surface area (Å²) in [6, 6.07) is 6.97. The largest absolute Gasteiger partial charge is 0.399 e. The minimum absolute atomic E-state index is 0.654. The number of nitrogens with two attached hydrogens (primary N) is 1. The van der Waals surface area contributed by atoms with Crippen LogP contribution in [0.3, 0.4) is 0 Å². The minimum Gasteiger partial charge on any atom is -0.399 e. The van der Waals surface area contributed by atoms with Crippen LogP contribution in [0.1, 0.15) is 24.0 Å². The molecular formula is C14H22N2O. The van der Waals surface area contributed by atoms with E-state index in [4.69, 9.17) is 10.5 Å². The van der Waals surface area contributed by atoms with E-state index in [-0.39, 0.29) is 0 Å². The van der Waals surface area contributed by atoms with Crippen LogP contribution >= 0.6 is 0 Å². The third kappa shape index (κ3) is 3.20. The molecule has 2 N–H and O–H groups in total. The average Bonchev–Trinajstić information content (AvgIpc) is 2.35. The Morgan fingerprint density at radius 2 is 2.06 bits per heavy atom. The Balaban J connectivity index is 1.96. The van der Waals surface area contributed by atoms with Gasteiger partial charge in [-0.1, -0.05) is 12.1 Å². The van der Waals surface area contributed by atoms with E-state index in [1.54, 1.807) is 0 Å². The molecule has 0 atom stereocenters. The van der Waals surface area contributed by atoms with Crippen LogP contribution in [0.5, 0.6) is 0 Å². The first kappa shape index (κ1) is 12.4. The molecule has 0 aromatic heterocycles. The molecule has 1 fully saturated rings. The van der Waals surface area contributed by atoms with Gasteiger partial charge in [0.2, 0.25) is 0 Å². The minimum atomic E-state index is 0.654. The van der Waals surface area contributed by atoms with Crippen LogP contribution in [0.4, 0.5) is 5.69 Å². The summed E-state index contributed by atoms with van der Waals surface area (Å²) < 4.78 is 5.39. The summed E-state index contributed by atoms with van der Waals surface area (Å²) in [6.45, 7) is 4.85. The number of hydrogen-bond donors (Lipinski definition) is 1. The van der Waals surface area contributed by atoms with Crippen LogP contribution in [-0.4, -0.2) is 31.2 Å². The predicted molar refractivity (Wildman–Crippen MR) is 70.9 cm³/mol. The SMILES string of the molecule is Cc1cc(CN(C)C2CCOCC2)ccc1N. The first-order chi connectivity index (χ1) is 8.16. The van der Waals surface area contributed by atoms with Crippen molar-refractivity contribution >= 4 is 5.69 Å². The fourth-order valence-electron chi connectivity index (χ4n) is 2.38. The van der Waals surface area contributed by atoms with Gasteiger partial charge in [0.1, 0.15) is 0 Å². The number of anilines is 1. The lowest BCUT2D eigenvalue weighted by molar-refractivity contribution is 0.0407. The number of nitrogens with zero attached hydrogens (tertiary/aromatic N) is 1. The fourth-order valence-corrected chi connectivity index (χ4v) is 2.38. The molecule has 0 spiro atoms. The fraction of sp³-hybridized carbons (Fsp3) is 0.571. The van der Waals surface area contributed by atoms with E-state index in [9.17, 15) is 0 Å². The Morgan fingerprint density at radius 3 is 2.71 bits per heavy atom. The van der Waals surface area contributed by atoms with Crippen LogP contribution < -0.4 is 5.73 Å². The van der Waals surface area contributed by atoms with Crippen LogP contribution in [-0.2, 0) is 11.3 Å². The highest BCUT2D eigenvalue weighted by molar-refractivity contribution is 5.47. The van der Waals surface area contributed by atoms with Gasteiger partial charge in [0.25, 0.3) is 0 Å². The second-order valence-electron chi connectivity index (χ2n) is 4.95. The Morgan fingerprint density at radius 1 is 1.35 bits per heavy atom. The van der Waals surface area contributed by atoms with Crippen molar-refractivity contribution in [3.05, 3.63) is 29.3 Å². The molecule has 0 saturated carbocycles. The molecule has 94 valence electrons. The van der Waals surface area contributed by atoms with Crippen LogP contribution in [0.2, 0.25) is 0 Å². The molecule has 3 nitrogen and oxygen atoms in total. The molecular weight excluding hydrogens is 212 g/mol. The van der Waals surface area contributed by atoms with Gasteiger partial charge in [0.15, 0.2) is 0 Å². The smallest absolute Gasteiger partial charge is 0.0480 e. The van der Waals surface area contributed by atoms with Gasteiger partial charge in [0, 0.05) is 31.5 Å². The number of benzene rings is 1. The summed E-state index contributed by atoms with van der Waals surface area (Å²) in [4.78, 5) is 2.42. The Bertz CT molecular complexity index is 372. The lowest BCUT2D eigenvalue weighted by Gasteiger charge is -2.31. The van der Waals surface area contributed by atoms with Crippen molar-refractivity contribution in [2.75, 3.05) is 26.0 Å². The van der Waals surface area contributed by atoms with Crippen molar-refractivity contribution in [3.63, 3.8) is 0 Å². The van der Waals surface area contributed by atoms with Crippen LogP contribution in [0.15, 0.2) is 18.2 Å². The standard InChI is InChI=1S/C14H22N2O/c1-11-9-12(3-4-14(11)15)10-16(2)13-5-7-17-8-6-13/h3-4,9,13H,5-8,10,15H2,1-2H3. The molecule has 0 aliphatic carbocycles. The summed E-state index contributed by atoms with van der Waals surface area (Å²) in [6.07, 6.45) is 2.29. The number of ether oxygens (including phenoxy) is 1. The van der Waals surface area contributed by atoms with Crippen LogP contribution in [0.25, 0.3) is 0 Å². The van der Waals surface area contributed by atoms with E-state index in [1.807, 2.05) is 6.07 Å². The average molecular weight is 234 g/mol. The first-order valence-electron chi connectivity index (χ1n) is 6.30. The molecule has 1 aromatic carbocycles. The molecule has 1 heterocycles. The van der Waals surface area contributed by atoms with Gasteiger partial charge >= 0.3 is 0 Å². The summed E-state index contributed by atoms with van der Waals surface area (Å²) in [7, 11) is 2.20. The summed E-state index contributed by atoms with van der Waals surface area (Å²) >= 11 is 0. The molecule has 17 heavy (non-hydrogen) atoms. The molecule has 0 unspecified atom stereocenters. The number of hydrogen-bond acceptors (Lipinski definition) is 3. The second-order valence-corrected chi connectivity index (χ2v) is 4.95. The third-order valence-corrected chi connectivity index (χ3v) is 3.58. The monoisotopic (exact) mass is 234 g/mol. The molecule has 1 saturated heterocycles. The molecule has 0 bridgehead atoms. The molecule has 0 radical (unpaired) electrons. The maximum atomic E-state index is 5.83. The van der Waals surface area contributed by atoms with Crippen molar-refractivity contribution in [2.45, 2.75) is 32.4 Å². The maximum Gasteiger partial charge on any atom is 0.0480 e. The van der Waals surface area contributed by atoms with Gasteiger partial charge in [-0.25, -0.2) is 0 Å². The van der Waals surface area contributed by atoms with Gasteiger partial charge in [0.05, 0.1) is 0 Å². The second kappa shape index (κ2) is 5.52. The predicted octanol–water partition coefficient (Wildman–Crippen LogP) is 2.19. The normalized spacial score (nSPS) is 17.6. The molecule has 0 amide bonds. The lowest BCUT2D eigenvalue weighted by atomic mass is 10.1. The molecule has 1 aliphatic heterocycles. The number of nitrogen functional groups attached to an aromatic ring is 1. The van der Waals surface area contributed by atoms with Gasteiger partial charge in [-0.3, -0.25) is 4.90 Å². The van der Waals surface area contributed by atoms with Gasteiger partial charge < -0.3 is 10.5 Å². The topological polar surface area (TPSA) is 38.5 Å². The quantitative estimate of drug-likeness (QED) is 0.815. The van der Waals surface area contributed by atoms with E-state index < -0.39 is 0 Å².